The molecule has 0 aromatic carbocycles. The van der Waals surface area contributed by atoms with Gasteiger partial charge in [-0.1, -0.05) is 45.3 Å². The second kappa shape index (κ2) is 3.16. The first-order valence-corrected chi connectivity index (χ1v) is 3.47. The Balaban J connectivity index is 3.58. The third-order valence-electron chi connectivity index (χ3n) is 2.11. The van der Waals surface area contributed by atoms with Crippen LogP contribution in [-0.2, 0) is 0 Å². The molecule has 0 aromatic rings. The quantitative estimate of drug-likeness (QED) is 0.489. The summed E-state index contributed by atoms with van der Waals surface area (Å²) in [7, 11) is 5.90. The molecule has 0 aliphatic rings. The SMILES string of the molecule is [B]C(CC)(CC)CC. The Hall–Kier alpha value is 0.0649. The van der Waals surface area contributed by atoms with Crippen molar-refractivity contribution in [3.63, 3.8) is 0 Å². The lowest BCUT2D eigenvalue weighted by molar-refractivity contribution is 0.504. The molecule has 2 radical (unpaired) electrons. The van der Waals surface area contributed by atoms with Gasteiger partial charge in [0.05, 0.1) is 7.85 Å². The lowest BCUT2D eigenvalue weighted by atomic mass is 9.63. The van der Waals surface area contributed by atoms with Crippen LogP contribution in [-0.4, -0.2) is 7.85 Å². The van der Waals surface area contributed by atoms with Crippen molar-refractivity contribution in [2.45, 2.75) is 45.3 Å². The molecule has 0 bridgehead atoms. The highest BCUT2D eigenvalue weighted by Gasteiger charge is 2.14. The van der Waals surface area contributed by atoms with Crippen LogP contribution in [0.25, 0.3) is 0 Å². The number of hydrogen-bond acceptors (Lipinski definition) is 0. The van der Waals surface area contributed by atoms with Crippen LogP contribution in [0.2, 0.25) is 5.31 Å². The molecule has 0 heterocycles. The zero-order valence-electron chi connectivity index (χ0n) is 6.20. The smallest absolute Gasteiger partial charge is 0.0668 e. The molecule has 0 amide bonds. The molecule has 46 valence electrons. The van der Waals surface area contributed by atoms with Gasteiger partial charge in [-0.15, -0.1) is 0 Å². The van der Waals surface area contributed by atoms with Crippen molar-refractivity contribution in [2.24, 2.45) is 0 Å². The van der Waals surface area contributed by atoms with Crippen LogP contribution in [0.5, 0.6) is 0 Å². The molecule has 0 aliphatic carbocycles. The monoisotopic (exact) mass is 110 g/mol. The highest BCUT2D eigenvalue weighted by molar-refractivity contribution is 6.15. The van der Waals surface area contributed by atoms with Gasteiger partial charge in [0.25, 0.3) is 0 Å². The predicted molar refractivity (Wildman–Crippen MR) is 39.3 cm³/mol. The zero-order valence-corrected chi connectivity index (χ0v) is 6.20. The Morgan fingerprint density at radius 3 is 1.25 bits per heavy atom. The van der Waals surface area contributed by atoms with Crippen molar-refractivity contribution in [2.75, 3.05) is 0 Å². The highest BCUT2D eigenvalue weighted by atomic mass is 14.1. The lowest BCUT2D eigenvalue weighted by Gasteiger charge is -2.24. The van der Waals surface area contributed by atoms with E-state index in [1.165, 1.54) is 0 Å². The standard InChI is InChI=1S/C7H15B/c1-4-7(8,5-2)6-3/h4-6H2,1-3H3. The fraction of sp³-hybridized carbons (Fsp3) is 1.00. The molecular weight excluding hydrogens is 94.9 g/mol. The molecule has 0 aromatic heterocycles. The van der Waals surface area contributed by atoms with Crippen LogP contribution in [0.15, 0.2) is 0 Å². The van der Waals surface area contributed by atoms with Gasteiger partial charge in [0.2, 0.25) is 0 Å². The summed E-state index contributed by atoms with van der Waals surface area (Å²) in [5.41, 5.74) is 0. The van der Waals surface area contributed by atoms with Crippen molar-refractivity contribution < 1.29 is 0 Å². The Labute approximate surface area is 54.1 Å². The largest absolute Gasteiger partial charge is 0.0745 e. The molecule has 0 saturated heterocycles. The van der Waals surface area contributed by atoms with E-state index >= 15 is 0 Å². The summed E-state index contributed by atoms with van der Waals surface area (Å²) in [6, 6.07) is 0. The Bertz CT molecular complexity index is 47.1. The molecule has 0 nitrogen and oxygen atoms in total. The maximum atomic E-state index is 5.90. The molecule has 0 fully saturated rings. The molecule has 0 unspecified atom stereocenters. The Morgan fingerprint density at radius 1 is 1.00 bits per heavy atom. The first-order valence-electron chi connectivity index (χ1n) is 3.47. The summed E-state index contributed by atoms with van der Waals surface area (Å²) in [6.07, 6.45) is 3.29. The summed E-state index contributed by atoms with van der Waals surface area (Å²) in [5, 5.41) is 0.125. The summed E-state index contributed by atoms with van der Waals surface area (Å²) >= 11 is 0. The van der Waals surface area contributed by atoms with Gasteiger partial charge < -0.3 is 0 Å². The minimum atomic E-state index is 0.125. The Morgan fingerprint density at radius 2 is 1.25 bits per heavy atom. The minimum Gasteiger partial charge on any atom is -0.0668 e. The van der Waals surface area contributed by atoms with E-state index in [0.717, 1.165) is 19.3 Å². The third-order valence-corrected chi connectivity index (χ3v) is 2.11. The minimum absolute atomic E-state index is 0.125. The fourth-order valence-electron chi connectivity index (χ4n) is 0.750. The highest BCUT2D eigenvalue weighted by Crippen LogP contribution is 2.33. The summed E-state index contributed by atoms with van der Waals surface area (Å²) in [5.74, 6) is 0. The van der Waals surface area contributed by atoms with Gasteiger partial charge >= 0.3 is 0 Å². The first kappa shape index (κ1) is 8.06. The van der Waals surface area contributed by atoms with Gasteiger partial charge in [0, 0.05) is 0 Å². The molecule has 0 atom stereocenters. The van der Waals surface area contributed by atoms with E-state index in [4.69, 9.17) is 7.85 Å². The van der Waals surface area contributed by atoms with E-state index in [1.807, 2.05) is 0 Å². The topological polar surface area (TPSA) is 0 Å². The number of hydrogen-bond donors (Lipinski definition) is 0. The molecule has 0 aliphatic heterocycles. The van der Waals surface area contributed by atoms with Crippen LogP contribution in [0.3, 0.4) is 0 Å². The van der Waals surface area contributed by atoms with Crippen LogP contribution < -0.4 is 0 Å². The van der Waals surface area contributed by atoms with Crippen molar-refractivity contribution in [1.29, 1.82) is 0 Å². The van der Waals surface area contributed by atoms with E-state index in [9.17, 15) is 0 Å². The summed E-state index contributed by atoms with van der Waals surface area (Å²) in [4.78, 5) is 0. The van der Waals surface area contributed by atoms with Crippen molar-refractivity contribution in [1.82, 2.24) is 0 Å². The predicted octanol–water partition coefficient (Wildman–Crippen LogP) is 2.54. The molecule has 0 spiro atoms. The molecular formula is C7H15B. The van der Waals surface area contributed by atoms with Crippen molar-refractivity contribution >= 4 is 7.85 Å². The summed E-state index contributed by atoms with van der Waals surface area (Å²) in [6.45, 7) is 6.44. The van der Waals surface area contributed by atoms with Crippen LogP contribution in [0.4, 0.5) is 0 Å². The molecule has 0 rings (SSSR count). The summed E-state index contributed by atoms with van der Waals surface area (Å²) < 4.78 is 0. The lowest BCUT2D eigenvalue weighted by Crippen LogP contribution is -2.07. The van der Waals surface area contributed by atoms with Gasteiger partial charge in [-0.2, -0.15) is 0 Å². The maximum Gasteiger partial charge on any atom is 0.0745 e. The van der Waals surface area contributed by atoms with Gasteiger partial charge in [0.1, 0.15) is 0 Å². The van der Waals surface area contributed by atoms with Gasteiger partial charge in [-0.05, 0) is 0 Å². The van der Waals surface area contributed by atoms with Crippen molar-refractivity contribution in [3.8, 4) is 0 Å². The van der Waals surface area contributed by atoms with E-state index in [1.54, 1.807) is 0 Å². The van der Waals surface area contributed by atoms with Crippen molar-refractivity contribution in [3.05, 3.63) is 0 Å². The van der Waals surface area contributed by atoms with E-state index < -0.39 is 0 Å². The average Bonchev–Trinajstić information content (AvgIpc) is 1.87. The normalized spacial score (nSPS) is 11.9. The van der Waals surface area contributed by atoms with Crippen LogP contribution in [0, 0.1) is 0 Å². The molecule has 1 heteroatoms. The van der Waals surface area contributed by atoms with Gasteiger partial charge in [0.15, 0.2) is 0 Å². The van der Waals surface area contributed by atoms with Gasteiger partial charge in [-0.3, -0.25) is 0 Å². The molecule has 0 saturated carbocycles. The fourth-order valence-corrected chi connectivity index (χ4v) is 0.750. The van der Waals surface area contributed by atoms with Gasteiger partial charge in [-0.25, -0.2) is 0 Å². The average molecular weight is 110 g/mol. The van der Waals surface area contributed by atoms with Crippen LogP contribution in [0.1, 0.15) is 40.0 Å². The maximum absolute atomic E-state index is 5.90. The third kappa shape index (κ3) is 1.89. The molecule has 0 N–H and O–H groups in total. The zero-order chi connectivity index (χ0) is 6.62. The second-order valence-corrected chi connectivity index (χ2v) is 2.42. The van der Waals surface area contributed by atoms with E-state index in [2.05, 4.69) is 20.8 Å². The first-order chi connectivity index (χ1) is 3.68. The molecule has 8 heavy (non-hydrogen) atoms. The van der Waals surface area contributed by atoms with E-state index in [0.29, 0.717) is 0 Å². The second-order valence-electron chi connectivity index (χ2n) is 2.42. The number of rotatable bonds is 3. The van der Waals surface area contributed by atoms with E-state index in [-0.39, 0.29) is 5.31 Å². The Kier molecular flexibility index (Phi) is 3.19. The van der Waals surface area contributed by atoms with Crippen LogP contribution >= 0.6 is 0 Å².